The van der Waals surface area contributed by atoms with Crippen LogP contribution < -0.4 is 0 Å². The zero-order valence-electron chi connectivity index (χ0n) is 14.2. The van der Waals surface area contributed by atoms with E-state index in [4.69, 9.17) is 4.18 Å². The van der Waals surface area contributed by atoms with Crippen LogP contribution in [-0.4, -0.2) is 21.3 Å². The first kappa shape index (κ1) is 19.2. The molecule has 1 aromatic carbocycles. The quantitative estimate of drug-likeness (QED) is 0.438. The summed E-state index contributed by atoms with van der Waals surface area (Å²) in [5.74, 6) is 0.586. The first-order chi connectivity index (χ1) is 10.4. The maximum absolute atomic E-state index is 10.9. The molecule has 4 heteroatoms. The minimum atomic E-state index is -3.33. The third kappa shape index (κ3) is 8.54. The Morgan fingerprint density at radius 2 is 1.68 bits per heavy atom. The predicted octanol–water partition coefficient (Wildman–Crippen LogP) is 4.67. The molecule has 0 N–H and O–H groups in total. The lowest BCUT2D eigenvalue weighted by atomic mass is 9.94. The van der Waals surface area contributed by atoms with Gasteiger partial charge in [-0.15, -0.1) is 0 Å². The molecule has 0 aliphatic carbocycles. The zero-order valence-corrected chi connectivity index (χ0v) is 15.0. The summed E-state index contributed by atoms with van der Waals surface area (Å²) in [6.45, 7) is 4.73. The van der Waals surface area contributed by atoms with Crippen molar-refractivity contribution in [3.8, 4) is 0 Å². The smallest absolute Gasteiger partial charge is 0.264 e. The number of unbranched alkanes of at least 4 members (excludes halogenated alkanes) is 4. The average Bonchev–Trinajstić information content (AvgIpc) is 2.46. The van der Waals surface area contributed by atoms with Crippen LogP contribution in [0.25, 0.3) is 0 Å². The SMILES string of the molecule is CCCCCCCC(C)c1ccc(CCOS(C)(=O)=O)cc1. The molecule has 0 aliphatic rings. The van der Waals surface area contributed by atoms with E-state index in [1.165, 1.54) is 44.1 Å². The number of rotatable bonds is 11. The summed E-state index contributed by atoms with van der Waals surface area (Å²) in [5.41, 5.74) is 2.48. The summed E-state index contributed by atoms with van der Waals surface area (Å²) < 4.78 is 26.6. The Balaban J connectivity index is 2.33. The molecule has 0 amide bonds. The molecule has 0 heterocycles. The Morgan fingerprint density at radius 1 is 1.05 bits per heavy atom. The lowest BCUT2D eigenvalue weighted by Crippen LogP contribution is -2.06. The molecule has 0 aromatic heterocycles. The second-order valence-corrected chi connectivity index (χ2v) is 7.77. The molecule has 22 heavy (non-hydrogen) atoms. The minimum Gasteiger partial charge on any atom is -0.270 e. The van der Waals surface area contributed by atoms with Crippen LogP contribution in [0.2, 0.25) is 0 Å². The second kappa shape index (κ2) is 10.0. The maximum Gasteiger partial charge on any atom is 0.264 e. The number of hydrogen-bond donors (Lipinski definition) is 0. The van der Waals surface area contributed by atoms with Crippen molar-refractivity contribution in [2.75, 3.05) is 12.9 Å². The topological polar surface area (TPSA) is 43.4 Å². The fraction of sp³-hybridized carbons (Fsp3) is 0.667. The van der Waals surface area contributed by atoms with E-state index in [2.05, 4.69) is 38.1 Å². The van der Waals surface area contributed by atoms with Gasteiger partial charge in [-0.1, -0.05) is 70.2 Å². The highest BCUT2D eigenvalue weighted by atomic mass is 32.2. The van der Waals surface area contributed by atoms with E-state index >= 15 is 0 Å². The van der Waals surface area contributed by atoms with Gasteiger partial charge in [-0.2, -0.15) is 8.42 Å². The maximum atomic E-state index is 10.9. The average molecular weight is 327 g/mol. The highest BCUT2D eigenvalue weighted by Crippen LogP contribution is 2.22. The highest BCUT2D eigenvalue weighted by molar-refractivity contribution is 7.85. The summed E-state index contributed by atoms with van der Waals surface area (Å²) in [5, 5.41) is 0. The van der Waals surface area contributed by atoms with Crippen LogP contribution in [0, 0.1) is 0 Å². The van der Waals surface area contributed by atoms with Gasteiger partial charge < -0.3 is 0 Å². The molecule has 1 atom stereocenters. The van der Waals surface area contributed by atoms with Gasteiger partial charge in [-0.05, 0) is 29.9 Å². The second-order valence-electron chi connectivity index (χ2n) is 6.12. The Bertz CT molecular complexity index is 506. The van der Waals surface area contributed by atoms with Crippen molar-refractivity contribution in [2.45, 2.75) is 64.7 Å². The largest absolute Gasteiger partial charge is 0.270 e. The van der Waals surface area contributed by atoms with Crippen LogP contribution in [0.15, 0.2) is 24.3 Å². The van der Waals surface area contributed by atoms with Gasteiger partial charge in [0.15, 0.2) is 0 Å². The van der Waals surface area contributed by atoms with Gasteiger partial charge in [0.25, 0.3) is 10.1 Å². The molecular formula is C18H30O3S. The fourth-order valence-electron chi connectivity index (χ4n) is 2.54. The first-order valence-corrected chi connectivity index (χ1v) is 10.2. The minimum absolute atomic E-state index is 0.213. The van der Waals surface area contributed by atoms with E-state index in [9.17, 15) is 8.42 Å². The Morgan fingerprint density at radius 3 is 2.27 bits per heavy atom. The molecule has 0 saturated heterocycles. The van der Waals surface area contributed by atoms with Gasteiger partial charge in [0.05, 0.1) is 12.9 Å². The summed E-state index contributed by atoms with van der Waals surface area (Å²) >= 11 is 0. The van der Waals surface area contributed by atoms with Crippen molar-refractivity contribution in [1.29, 1.82) is 0 Å². The molecule has 3 nitrogen and oxygen atoms in total. The highest BCUT2D eigenvalue weighted by Gasteiger charge is 2.06. The molecule has 1 rings (SSSR count). The van der Waals surface area contributed by atoms with Crippen molar-refractivity contribution >= 4 is 10.1 Å². The van der Waals surface area contributed by atoms with Gasteiger partial charge in [-0.3, -0.25) is 4.18 Å². The Labute approximate surface area is 136 Å². The molecule has 0 saturated carbocycles. The van der Waals surface area contributed by atoms with Crippen molar-refractivity contribution in [1.82, 2.24) is 0 Å². The summed E-state index contributed by atoms with van der Waals surface area (Å²) in [6.07, 6.45) is 9.56. The third-order valence-electron chi connectivity index (χ3n) is 3.98. The summed E-state index contributed by atoms with van der Waals surface area (Å²) in [6, 6.07) is 8.47. The van der Waals surface area contributed by atoms with Gasteiger partial charge in [0.2, 0.25) is 0 Å². The van der Waals surface area contributed by atoms with E-state index in [-0.39, 0.29) is 6.61 Å². The van der Waals surface area contributed by atoms with E-state index in [1.54, 1.807) is 0 Å². The van der Waals surface area contributed by atoms with Crippen LogP contribution in [0.1, 0.15) is 69.4 Å². The van der Waals surface area contributed by atoms with Gasteiger partial charge in [0, 0.05) is 0 Å². The van der Waals surface area contributed by atoms with Crippen molar-refractivity contribution in [2.24, 2.45) is 0 Å². The fourth-order valence-corrected chi connectivity index (χ4v) is 2.93. The molecule has 0 aliphatic heterocycles. The van der Waals surface area contributed by atoms with Crippen molar-refractivity contribution in [3.05, 3.63) is 35.4 Å². The summed E-state index contributed by atoms with van der Waals surface area (Å²) in [7, 11) is -3.33. The Hall–Kier alpha value is -0.870. The number of benzene rings is 1. The monoisotopic (exact) mass is 326 g/mol. The van der Waals surface area contributed by atoms with Crippen molar-refractivity contribution in [3.63, 3.8) is 0 Å². The molecular weight excluding hydrogens is 296 g/mol. The lowest BCUT2D eigenvalue weighted by molar-refractivity contribution is 0.326. The van der Waals surface area contributed by atoms with Crippen molar-refractivity contribution < 1.29 is 12.6 Å². The molecule has 0 spiro atoms. The number of hydrogen-bond acceptors (Lipinski definition) is 3. The molecule has 1 aromatic rings. The van der Waals surface area contributed by atoms with Crippen LogP contribution in [0.3, 0.4) is 0 Å². The normalized spacial score (nSPS) is 13.2. The standard InChI is InChI=1S/C18H30O3S/c1-4-5-6-7-8-9-16(2)18-12-10-17(11-13-18)14-15-21-22(3,19)20/h10-13,16H,4-9,14-15H2,1-3H3. The predicted molar refractivity (Wildman–Crippen MR) is 92.7 cm³/mol. The van der Waals surface area contributed by atoms with E-state index < -0.39 is 10.1 Å². The van der Waals surface area contributed by atoms with Gasteiger partial charge >= 0.3 is 0 Å². The van der Waals surface area contributed by atoms with Gasteiger partial charge in [-0.25, -0.2) is 0 Å². The zero-order chi connectivity index (χ0) is 16.4. The first-order valence-electron chi connectivity index (χ1n) is 8.35. The lowest BCUT2D eigenvalue weighted by Gasteiger charge is -2.12. The van der Waals surface area contributed by atoms with E-state index in [0.717, 1.165) is 11.8 Å². The Kier molecular flexibility index (Phi) is 8.72. The molecule has 0 radical (unpaired) electrons. The van der Waals surface area contributed by atoms with Crippen LogP contribution in [0.4, 0.5) is 0 Å². The molecule has 1 unspecified atom stereocenters. The van der Waals surface area contributed by atoms with Crippen LogP contribution in [0.5, 0.6) is 0 Å². The van der Waals surface area contributed by atoms with Crippen LogP contribution >= 0.6 is 0 Å². The molecule has 0 bridgehead atoms. The van der Waals surface area contributed by atoms with Crippen LogP contribution in [-0.2, 0) is 20.7 Å². The third-order valence-corrected chi connectivity index (χ3v) is 4.57. The van der Waals surface area contributed by atoms with Gasteiger partial charge in [0.1, 0.15) is 0 Å². The molecule has 126 valence electrons. The molecule has 0 fully saturated rings. The van der Waals surface area contributed by atoms with E-state index in [0.29, 0.717) is 12.3 Å². The van der Waals surface area contributed by atoms with E-state index in [1.807, 2.05) is 0 Å². The summed E-state index contributed by atoms with van der Waals surface area (Å²) in [4.78, 5) is 0.